The summed E-state index contributed by atoms with van der Waals surface area (Å²) in [5.74, 6) is -0.228. The van der Waals surface area contributed by atoms with Gasteiger partial charge in [-0.05, 0) is 60.5 Å². The molecule has 0 radical (unpaired) electrons. The molecular weight excluding hydrogens is 420 g/mol. The lowest BCUT2D eigenvalue weighted by Gasteiger charge is -2.21. The number of benzene rings is 2. The number of rotatable bonds is 5. The van der Waals surface area contributed by atoms with Gasteiger partial charge in [0.2, 0.25) is 0 Å². The fraction of sp³-hybridized carbons (Fsp3) is 0.250. The van der Waals surface area contributed by atoms with E-state index in [4.69, 9.17) is 11.6 Å². The molecule has 1 unspecified atom stereocenters. The molecule has 1 N–H and O–H groups in total. The van der Waals surface area contributed by atoms with Crippen LogP contribution in [0.2, 0.25) is 5.02 Å². The molecule has 0 bridgehead atoms. The van der Waals surface area contributed by atoms with Gasteiger partial charge in [-0.15, -0.1) is 0 Å². The van der Waals surface area contributed by atoms with Gasteiger partial charge in [0, 0.05) is 20.0 Å². The normalized spacial score (nSPS) is 12.4. The molecule has 0 aliphatic rings. The first-order valence-electron chi connectivity index (χ1n) is 6.63. The summed E-state index contributed by atoms with van der Waals surface area (Å²) in [6.45, 7) is 2.86. The summed E-state index contributed by atoms with van der Waals surface area (Å²) in [5, 5.41) is 4.12. The van der Waals surface area contributed by atoms with Gasteiger partial charge in [0.1, 0.15) is 5.82 Å². The molecule has 0 spiro atoms. The SMILES string of the molecule is CCNC(Cc1cc(F)ccc1Br)c1cc(Cl)ccc1Br. The van der Waals surface area contributed by atoms with Crippen molar-refractivity contribution in [1.82, 2.24) is 5.32 Å². The highest BCUT2D eigenvalue weighted by atomic mass is 79.9. The van der Waals surface area contributed by atoms with Crippen molar-refractivity contribution in [3.8, 4) is 0 Å². The summed E-state index contributed by atoms with van der Waals surface area (Å²) in [6.07, 6.45) is 0.672. The van der Waals surface area contributed by atoms with E-state index in [1.165, 1.54) is 6.07 Å². The van der Waals surface area contributed by atoms with E-state index in [1.807, 2.05) is 25.1 Å². The molecule has 112 valence electrons. The summed E-state index contributed by atoms with van der Waals surface area (Å²) in [5.41, 5.74) is 1.99. The number of hydrogen-bond donors (Lipinski definition) is 1. The van der Waals surface area contributed by atoms with Crippen molar-refractivity contribution in [3.63, 3.8) is 0 Å². The minimum absolute atomic E-state index is 0.0566. The molecule has 2 rings (SSSR count). The maximum Gasteiger partial charge on any atom is 0.123 e. The number of nitrogens with one attached hydrogen (secondary N) is 1. The Labute approximate surface area is 146 Å². The van der Waals surface area contributed by atoms with E-state index >= 15 is 0 Å². The molecule has 5 heteroatoms. The van der Waals surface area contributed by atoms with E-state index in [2.05, 4.69) is 37.2 Å². The first-order valence-corrected chi connectivity index (χ1v) is 8.60. The average molecular weight is 436 g/mol. The van der Waals surface area contributed by atoms with Crippen LogP contribution in [0.25, 0.3) is 0 Å². The van der Waals surface area contributed by atoms with Gasteiger partial charge in [-0.25, -0.2) is 4.39 Å². The Morgan fingerprint density at radius 3 is 2.57 bits per heavy atom. The summed E-state index contributed by atoms with van der Waals surface area (Å²) in [4.78, 5) is 0. The van der Waals surface area contributed by atoms with Crippen LogP contribution in [0.1, 0.15) is 24.1 Å². The Bertz CT molecular complexity index is 634. The monoisotopic (exact) mass is 433 g/mol. The van der Waals surface area contributed by atoms with Crippen LogP contribution in [0.3, 0.4) is 0 Å². The lowest BCUT2D eigenvalue weighted by molar-refractivity contribution is 0.544. The minimum atomic E-state index is -0.228. The van der Waals surface area contributed by atoms with Crippen molar-refractivity contribution in [2.24, 2.45) is 0 Å². The second-order valence-corrected chi connectivity index (χ2v) is 6.86. The van der Waals surface area contributed by atoms with Gasteiger partial charge >= 0.3 is 0 Å². The van der Waals surface area contributed by atoms with E-state index in [0.29, 0.717) is 11.4 Å². The van der Waals surface area contributed by atoms with Crippen molar-refractivity contribution in [2.45, 2.75) is 19.4 Å². The van der Waals surface area contributed by atoms with Crippen LogP contribution in [-0.4, -0.2) is 6.54 Å². The van der Waals surface area contributed by atoms with Crippen molar-refractivity contribution in [2.75, 3.05) is 6.54 Å². The summed E-state index contributed by atoms with van der Waals surface area (Å²) in [7, 11) is 0. The Hall–Kier alpha value is -0.420. The standard InChI is InChI=1S/C16H15Br2ClFN/c1-2-21-16(13-9-11(19)3-5-15(13)18)8-10-7-12(20)4-6-14(10)17/h3-7,9,16,21H,2,8H2,1H3. The average Bonchev–Trinajstić information content (AvgIpc) is 2.45. The topological polar surface area (TPSA) is 12.0 Å². The maximum absolute atomic E-state index is 13.5. The zero-order valence-corrected chi connectivity index (χ0v) is 15.4. The summed E-state index contributed by atoms with van der Waals surface area (Å²) >= 11 is 13.1. The van der Waals surface area contributed by atoms with Gasteiger partial charge in [0.05, 0.1) is 0 Å². The van der Waals surface area contributed by atoms with Gasteiger partial charge in [-0.1, -0.05) is 50.4 Å². The molecule has 0 fully saturated rings. The highest BCUT2D eigenvalue weighted by molar-refractivity contribution is 9.10. The van der Waals surface area contributed by atoms with Gasteiger partial charge in [0.25, 0.3) is 0 Å². The van der Waals surface area contributed by atoms with Gasteiger partial charge in [0.15, 0.2) is 0 Å². The minimum Gasteiger partial charge on any atom is -0.310 e. The van der Waals surface area contributed by atoms with Crippen LogP contribution in [0.5, 0.6) is 0 Å². The lowest BCUT2D eigenvalue weighted by Crippen LogP contribution is -2.23. The molecule has 2 aromatic rings. The van der Waals surface area contributed by atoms with E-state index < -0.39 is 0 Å². The Morgan fingerprint density at radius 1 is 1.14 bits per heavy atom. The lowest BCUT2D eigenvalue weighted by atomic mass is 9.98. The number of hydrogen-bond acceptors (Lipinski definition) is 1. The molecule has 0 heterocycles. The summed E-state index contributed by atoms with van der Waals surface area (Å²) < 4.78 is 15.4. The molecule has 0 saturated carbocycles. The third kappa shape index (κ3) is 4.52. The van der Waals surface area contributed by atoms with Gasteiger partial charge in [-0.3, -0.25) is 0 Å². The number of halogens is 4. The molecule has 0 aliphatic carbocycles. The van der Waals surface area contributed by atoms with Gasteiger partial charge < -0.3 is 5.32 Å². The maximum atomic E-state index is 13.5. The van der Waals surface area contributed by atoms with Crippen LogP contribution >= 0.6 is 43.5 Å². The fourth-order valence-corrected chi connectivity index (χ4v) is 3.35. The first kappa shape index (κ1) is 16.9. The van der Waals surface area contributed by atoms with Crippen molar-refractivity contribution in [1.29, 1.82) is 0 Å². The van der Waals surface area contributed by atoms with E-state index in [-0.39, 0.29) is 11.9 Å². The smallest absolute Gasteiger partial charge is 0.123 e. The Morgan fingerprint density at radius 2 is 1.86 bits per heavy atom. The molecule has 0 aliphatic heterocycles. The molecule has 1 nitrogen and oxygen atoms in total. The fourth-order valence-electron chi connectivity index (χ4n) is 2.24. The molecule has 2 aromatic carbocycles. The van der Waals surface area contributed by atoms with Crippen LogP contribution < -0.4 is 5.32 Å². The molecule has 21 heavy (non-hydrogen) atoms. The largest absolute Gasteiger partial charge is 0.310 e. The second-order valence-electron chi connectivity index (χ2n) is 4.72. The van der Waals surface area contributed by atoms with Crippen molar-refractivity contribution in [3.05, 3.63) is 67.3 Å². The molecular formula is C16H15Br2ClFN. The van der Waals surface area contributed by atoms with E-state index in [9.17, 15) is 4.39 Å². The second kappa shape index (κ2) is 7.73. The quantitative estimate of drug-likeness (QED) is 0.617. The highest BCUT2D eigenvalue weighted by Gasteiger charge is 2.16. The zero-order chi connectivity index (χ0) is 15.4. The van der Waals surface area contributed by atoms with Crippen LogP contribution in [0.15, 0.2) is 45.3 Å². The van der Waals surface area contributed by atoms with Crippen LogP contribution in [-0.2, 0) is 6.42 Å². The highest BCUT2D eigenvalue weighted by Crippen LogP contribution is 2.31. The summed E-state index contributed by atoms with van der Waals surface area (Å²) in [6, 6.07) is 10.5. The predicted octanol–water partition coefficient (Wildman–Crippen LogP) is 5.90. The third-order valence-electron chi connectivity index (χ3n) is 3.22. The van der Waals surface area contributed by atoms with E-state index in [0.717, 1.165) is 26.6 Å². The van der Waals surface area contributed by atoms with Crippen LogP contribution in [0, 0.1) is 5.82 Å². The zero-order valence-electron chi connectivity index (χ0n) is 11.5. The molecule has 0 saturated heterocycles. The van der Waals surface area contributed by atoms with Crippen LogP contribution in [0.4, 0.5) is 4.39 Å². The Balaban J connectivity index is 2.35. The first-order chi connectivity index (χ1) is 10.0. The predicted molar refractivity (Wildman–Crippen MR) is 93.4 cm³/mol. The molecule has 0 amide bonds. The molecule has 1 atom stereocenters. The Kier molecular flexibility index (Phi) is 6.23. The van der Waals surface area contributed by atoms with Crippen molar-refractivity contribution < 1.29 is 4.39 Å². The van der Waals surface area contributed by atoms with Gasteiger partial charge in [-0.2, -0.15) is 0 Å². The number of likely N-dealkylation sites (N-methyl/N-ethyl adjacent to an activating group) is 1. The van der Waals surface area contributed by atoms with Crippen molar-refractivity contribution >= 4 is 43.5 Å². The third-order valence-corrected chi connectivity index (χ3v) is 4.95. The molecule has 0 aromatic heterocycles. The van der Waals surface area contributed by atoms with E-state index in [1.54, 1.807) is 12.1 Å².